The lowest BCUT2D eigenvalue weighted by Gasteiger charge is -2.34. The molecule has 1 aromatic heterocycles. The molecule has 1 aromatic carbocycles. The van der Waals surface area contributed by atoms with E-state index >= 15 is 0 Å². The quantitative estimate of drug-likeness (QED) is 0.793. The highest BCUT2D eigenvalue weighted by molar-refractivity contribution is 6.31. The van der Waals surface area contributed by atoms with Crippen LogP contribution in [0.4, 0.5) is 20.8 Å². The first-order valence-corrected chi connectivity index (χ1v) is 9.20. The molecule has 0 radical (unpaired) electrons. The molecular formula is C18H20ClFN6O2. The van der Waals surface area contributed by atoms with Crippen molar-refractivity contribution in [3.63, 3.8) is 0 Å². The van der Waals surface area contributed by atoms with Crippen molar-refractivity contribution in [2.24, 2.45) is 0 Å². The average Bonchev–Trinajstić information content (AvgIpc) is 2.71. The molecule has 0 unspecified atom stereocenters. The van der Waals surface area contributed by atoms with Crippen LogP contribution in [0.2, 0.25) is 5.02 Å². The number of aromatic nitrogens is 2. The number of piperazine rings is 1. The number of urea groups is 1. The summed E-state index contributed by atoms with van der Waals surface area (Å²) in [6, 6.07) is 5.17. The second kappa shape index (κ2) is 9.32. The number of carbonyl (C=O) groups excluding carboxylic acids is 2. The highest BCUT2D eigenvalue weighted by Gasteiger charge is 2.22. The van der Waals surface area contributed by atoms with Gasteiger partial charge in [0.2, 0.25) is 11.9 Å². The van der Waals surface area contributed by atoms with Gasteiger partial charge >= 0.3 is 6.03 Å². The van der Waals surface area contributed by atoms with Gasteiger partial charge in [-0.15, -0.1) is 0 Å². The Morgan fingerprint density at radius 2 is 1.86 bits per heavy atom. The molecule has 1 aliphatic rings. The van der Waals surface area contributed by atoms with Gasteiger partial charge in [0.1, 0.15) is 5.82 Å². The fraction of sp³-hybridized carbons (Fsp3) is 0.333. The van der Waals surface area contributed by atoms with Crippen LogP contribution in [0.15, 0.2) is 36.7 Å². The van der Waals surface area contributed by atoms with Crippen LogP contribution in [0, 0.1) is 5.82 Å². The standard InChI is InChI=1S/C18H20ClFN6O2/c19-14-12-13(2-3-15(14)20)24-18(28)23-7-4-16(27)25-8-10-26(11-9-25)17-21-5-1-6-22-17/h1-3,5-6,12H,4,7-11H2,(H2,23,24,28). The Morgan fingerprint density at radius 1 is 1.14 bits per heavy atom. The summed E-state index contributed by atoms with van der Waals surface area (Å²) in [5.74, 6) is 0.0738. The summed E-state index contributed by atoms with van der Waals surface area (Å²) in [5, 5.41) is 5.07. The molecule has 2 N–H and O–H groups in total. The van der Waals surface area contributed by atoms with Gasteiger partial charge in [0.15, 0.2) is 0 Å². The zero-order valence-corrected chi connectivity index (χ0v) is 15.8. The molecule has 0 spiro atoms. The highest BCUT2D eigenvalue weighted by Crippen LogP contribution is 2.19. The molecule has 0 atom stereocenters. The molecule has 0 saturated carbocycles. The van der Waals surface area contributed by atoms with Crippen LogP contribution in [0.25, 0.3) is 0 Å². The summed E-state index contributed by atoms with van der Waals surface area (Å²) < 4.78 is 13.1. The molecule has 3 amide bonds. The first-order valence-electron chi connectivity index (χ1n) is 8.82. The Hall–Kier alpha value is -2.94. The van der Waals surface area contributed by atoms with Crippen LogP contribution in [0.3, 0.4) is 0 Å². The number of anilines is 2. The molecule has 28 heavy (non-hydrogen) atoms. The topological polar surface area (TPSA) is 90.5 Å². The predicted molar refractivity (Wildman–Crippen MR) is 104 cm³/mol. The highest BCUT2D eigenvalue weighted by atomic mass is 35.5. The van der Waals surface area contributed by atoms with Gasteiger partial charge in [-0.3, -0.25) is 4.79 Å². The molecule has 1 fully saturated rings. The fourth-order valence-electron chi connectivity index (χ4n) is 2.80. The lowest BCUT2D eigenvalue weighted by molar-refractivity contribution is -0.131. The van der Waals surface area contributed by atoms with Gasteiger partial charge in [0.25, 0.3) is 0 Å². The number of benzene rings is 1. The Labute approximate surface area is 166 Å². The second-order valence-corrected chi connectivity index (χ2v) is 6.58. The van der Waals surface area contributed by atoms with Crippen LogP contribution >= 0.6 is 11.6 Å². The Balaban J connectivity index is 1.37. The zero-order valence-electron chi connectivity index (χ0n) is 15.1. The summed E-state index contributed by atoms with van der Waals surface area (Å²) in [4.78, 5) is 36.4. The van der Waals surface area contributed by atoms with E-state index in [2.05, 4.69) is 20.6 Å². The third-order valence-corrected chi connectivity index (χ3v) is 4.56. The maximum atomic E-state index is 13.1. The molecule has 1 saturated heterocycles. The van der Waals surface area contributed by atoms with Crippen molar-refractivity contribution in [3.05, 3.63) is 47.5 Å². The van der Waals surface area contributed by atoms with Crippen LogP contribution in [-0.2, 0) is 4.79 Å². The molecule has 148 valence electrons. The Kier molecular flexibility index (Phi) is 6.59. The summed E-state index contributed by atoms with van der Waals surface area (Å²) in [7, 11) is 0. The van der Waals surface area contributed by atoms with E-state index in [4.69, 9.17) is 11.6 Å². The van der Waals surface area contributed by atoms with E-state index in [1.807, 2.05) is 4.90 Å². The van der Waals surface area contributed by atoms with Crippen molar-refractivity contribution in [2.75, 3.05) is 42.9 Å². The van der Waals surface area contributed by atoms with E-state index in [0.717, 1.165) is 0 Å². The van der Waals surface area contributed by atoms with Gasteiger partial charge in [-0.25, -0.2) is 19.2 Å². The van der Waals surface area contributed by atoms with E-state index in [9.17, 15) is 14.0 Å². The van der Waals surface area contributed by atoms with E-state index < -0.39 is 11.8 Å². The second-order valence-electron chi connectivity index (χ2n) is 6.18. The molecular weight excluding hydrogens is 387 g/mol. The number of hydrogen-bond acceptors (Lipinski definition) is 5. The molecule has 1 aliphatic heterocycles. The van der Waals surface area contributed by atoms with Gasteiger partial charge in [-0.2, -0.15) is 0 Å². The third-order valence-electron chi connectivity index (χ3n) is 4.27. The van der Waals surface area contributed by atoms with Crippen molar-refractivity contribution in [1.29, 1.82) is 0 Å². The predicted octanol–water partition coefficient (Wildman–Crippen LogP) is 2.13. The van der Waals surface area contributed by atoms with Crippen molar-refractivity contribution in [2.45, 2.75) is 6.42 Å². The number of halogens is 2. The van der Waals surface area contributed by atoms with Crippen molar-refractivity contribution >= 4 is 35.2 Å². The summed E-state index contributed by atoms with van der Waals surface area (Å²) in [6.07, 6.45) is 3.58. The Bertz CT molecular complexity index is 830. The van der Waals surface area contributed by atoms with E-state index in [1.54, 1.807) is 23.4 Å². The number of amides is 3. The summed E-state index contributed by atoms with van der Waals surface area (Å²) >= 11 is 5.67. The van der Waals surface area contributed by atoms with Crippen LogP contribution < -0.4 is 15.5 Å². The van der Waals surface area contributed by atoms with Crippen LogP contribution in [-0.4, -0.2) is 59.5 Å². The number of nitrogens with one attached hydrogen (secondary N) is 2. The fourth-order valence-corrected chi connectivity index (χ4v) is 2.98. The largest absolute Gasteiger partial charge is 0.339 e. The molecule has 8 nitrogen and oxygen atoms in total. The smallest absolute Gasteiger partial charge is 0.319 e. The number of nitrogens with zero attached hydrogens (tertiary/aromatic N) is 4. The monoisotopic (exact) mass is 406 g/mol. The van der Waals surface area contributed by atoms with Crippen LogP contribution in [0.1, 0.15) is 6.42 Å². The first kappa shape index (κ1) is 19.8. The maximum absolute atomic E-state index is 13.1. The summed E-state index contributed by atoms with van der Waals surface area (Å²) in [6.45, 7) is 2.68. The number of carbonyl (C=O) groups is 2. The van der Waals surface area contributed by atoms with Gasteiger partial charge in [-0.1, -0.05) is 11.6 Å². The Morgan fingerprint density at radius 3 is 2.54 bits per heavy atom. The van der Waals surface area contributed by atoms with Crippen LogP contribution in [0.5, 0.6) is 0 Å². The molecule has 0 aliphatic carbocycles. The minimum Gasteiger partial charge on any atom is -0.339 e. The van der Waals surface area contributed by atoms with E-state index in [1.165, 1.54) is 18.2 Å². The maximum Gasteiger partial charge on any atom is 0.319 e. The minimum absolute atomic E-state index is 0.0289. The van der Waals surface area contributed by atoms with Gasteiger partial charge in [0.05, 0.1) is 5.02 Å². The zero-order chi connectivity index (χ0) is 19.9. The molecule has 3 rings (SSSR count). The normalized spacial score (nSPS) is 13.9. The number of rotatable bonds is 5. The lowest BCUT2D eigenvalue weighted by atomic mass is 10.3. The van der Waals surface area contributed by atoms with Gasteiger partial charge in [-0.05, 0) is 24.3 Å². The van der Waals surface area contributed by atoms with Crippen molar-refractivity contribution in [1.82, 2.24) is 20.2 Å². The van der Waals surface area contributed by atoms with Gasteiger partial charge in [0, 0.05) is 57.2 Å². The van der Waals surface area contributed by atoms with Crippen molar-refractivity contribution in [3.8, 4) is 0 Å². The van der Waals surface area contributed by atoms with E-state index in [0.29, 0.717) is 37.8 Å². The molecule has 0 bridgehead atoms. The SMILES string of the molecule is O=C(NCCC(=O)N1CCN(c2ncccn2)CC1)Nc1ccc(F)c(Cl)c1. The average molecular weight is 407 g/mol. The minimum atomic E-state index is -0.558. The molecule has 2 heterocycles. The molecule has 10 heteroatoms. The first-order chi connectivity index (χ1) is 13.5. The molecule has 2 aromatic rings. The van der Waals surface area contributed by atoms with Crippen molar-refractivity contribution < 1.29 is 14.0 Å². The lowest BCUT2D eigenvalue weighted by Crippen LogP contribution is -2.49. The number of hydrogen-bond donors (Lipinski definition) is 2. The summed E-state index contributed by atoms with van der Waals surface area (Å²) in [5.41, 5.74) is 0.370. The van der Waals surface area contributed by atoms with Gasteiger partial charge < -0.3 is 20.4 Å². The third kappa shape index (κ3) is 5.29. The van der Waals surface area contributed by atoms with E-state index in [-0.39, 0.29) is 23.9 Å².